The van der Waals surface area contributed by atoms with E-state index in [0.717, 1.165) is 24.2 Å². The van der Waals surface area contributed by atoms with E-state index in [1.165, 1.54) is 5.56 Å². The van der Waals surface area contributed by atoms with Crippen molar-refractivity contribution in [1.29, 1.82) is 0 Å². The van der Waals surface area contributed by atoms with Gasteiger partial charge in [0, 0.05) is 17.7 Å². The van der Waals surface area contributed by atoms with Crippen molar-refractivity contribution in [2.45, 2.75) is 32.2 Å². The van der Waals surface area contributed by atoms with Crippen molar-refractivity contribution in [3.05, 3.63) is 71.9 Å². The molecule has 0 fully saturated rings. The monoisotopic (exact) mass is 364 g/mol. The highest BCUT2D eigenvalue weighted by atomic mass is 16.5. The maximum Gasteiger partial charge on any atom is 0.226 e. The summed E-state index contributed by atoms with van der Waals surface area (Å²) in [4.78, 5) is 12.3. The minimum absolute atomic E-state index is 0.0508. The van der Waals surface area contributed by atoms with Gasteiger partial charge >= 0.3 is 0 Å². The van der Waals surface area contributed by atoms with Crippen molar-refractivity contribution in [3.63, 3.8) is 0 Å². The van der Waals surface area contributed by atoms with Gasteiger partial charge < -0.3 is 14.6 Å². The standard InChI is InChI=1S/C22H24N2O3/c1-16(8-9-17-6-4-3-5-7-17)23-22(25)15-19-14-21(27-24-19)18-10-12-20(26-2)13-11-18/h3-7,10-14,16H,8-9,15H2,1-2H3,(H,23,25). The minimum atomic E-state index is -0.0508. The van der Waals surface area contributed by atoms with Gasteiger partial charge in [-0.3, -0.25) is 4.79 Å². The molecule has 2 aromatic carbocycles. The molecule has 1 atom stereocenters. The maximum absolute atomic E-state index is 12.3. The summed E-state index contributed by atoms with van der Waals surface area (Å²) in [7, 11) is 1.63. The third kappa shape index (κ3) is 5.45. The molecule has 1 unspecified atom stereocenters. The molecule has 0 spiro atoms. The fraction of sp³-hybridized carbons (Fsp3) is 0.273. The van der Waals surface area contributed by atoms with Crippen molar-refractivity contribution in [2.75, 3.05) is 7.11 Å². The lowest BCUT2D eigenvalue weighted by Gasteiger charge is -2.13. The van der Waals surface area contributed by atoms with Crippen LogP contribution in [0.1, 0.15) is 24.6 Å². The van der Waals surface area contributed by atoms with Gasteiger partial charge in [0.05, 0.1) is 19.2 Å². The molecule has 0 saturated carbocycles. The van der Waals surface area contributed by atoms with Gasteiger partial charge in [-0.25, -0.2) is 0 Å². The van der Waals surface area contributed by atoms with Crippen molar-refractivity contribution in [1.82, 2.24) is 10.5 Å². The number of aromatic nitrogens is 1. The summed E-state index contributed by atoms with van der Waals surface area (Å²) in [5, 5.41) is 7.03. The number of carbonyl (C=O) groups is 1. The van der Waals surface area contributed by atoms with Gasteiger partial charge in [-0.2, -0.15) is 0 Å². The quantitative estimate of drug-likeness (QED) is 0.655. The number of aryl methyl sites for hydroxylation is 1. The van der Waals surface area contributed by atoms with Crippen LogP contribution in [0.4, 0.5) is 0 Å². The summed E-state index contributed by atoms with van der Waals surface area (Å²) in [5.41, 5.74) is 2.79. The van der Waals surface area contributed by atoms with Crippen molar-refractivity contribution in [3.8, 4) is 17.1 Å². The smallest absolute Gasteiger partial charge is 0.226 e. The Labute approximate surface area is 159 Å². The molecule has 1 aromatic heterocycles. The Morgan fingerprint density at radius 3 is 2.59 bits per heavy atom. The van der Waals surface area contributed by atoms with Crippen LogP contribution in [0.15, 0.2) is 65.2 Å². The first-order chi connectivity index (χ1) is 13.1. The maximum atomic E-state index is 12.3. The summed E-state index contributed by atoms with van der Waals surface area (Å²) < 4.78 is 10.5. The van der Waals surface area contributed by atoms with Gasteiger partial charge in [0.15, 0.2) is 5.76 Å². The first kappa shape index (κ1) is 18.7. The summed E-state index contributed by atoms with van der Waals surface area (Å²) in [6, 6.07) is 19.7. The van der Waals surface area contributed by atoms with Crippen molar-refractivity contribution in [2.24, 2.45) is 0 Å². The Hall–Kier alpha value is -3.08. The minimum Gasteiger partial charge on any atom is -0.497 e. The summed E-state index contributed by atoms with van der Waals surface area (Å²) in [5.74, 6) is 1.37. The van der Waals surface area contributed by atoms with Gasteiger partial charge in [0.25, 0.3) is 0 Å². The molecule has 0 aliphatic carbocycles. The Kier molecular flexibility index (Phi) is 6.26. The summed E-state index contributed by atoms with van der Waals surface area (Å²) in [6.45, 7) is 2.02. The Morgan fingerprint density at radius 2 is 1.89 bits per heavy atom. The lowest BCUT2D eigenvalue weighted by atomic mass is 10.1. The van der Waals surface area contributed by atoms with Gasteiger partial charge in [0.1, 0.15) is 5.75 Å². The SMILES string of the molecule is COc1ccc(-c2cc(CC(=O)NC(C)CCc3ccccc3)no2)cc1. The van der Waals surface area contributed by atoms with E-state index in [2.05, 4.69) is 22.6 Å². The fourth-order valence-corrected chi connectivity index (χ4v) is 2.88. The normalized spacial score (nSPS) is 11.8. The molecule has 1 amide bonds. The number of ether oxygens (including phenoxy) is 1. The molecular weight excluding hydrogens is 340 g/mol. The van der Waals surface area contributed by atoms with E-state index >= 15 is 0 Å². The van der Waals surface area contributed by atoms with Crippen LogP contribution in [0, 0.1) is 0 Å². The largest absolute Gasteiger partial charge is 0.497 e. The van der Waals surface area contributed by atoms with E-state index in [0.29, 0.717) is 11.5 Å². The topological polar surface area (TPSA) is 64.4 Å². The van der Waals surface area contributed by atoms with Crippen LogP contribution in [-0.4, -0.2) is 24.2 Å². The van der Waals surface area contributed by atoms with Gasteiger partial charge in [-0.1, -0.05) is 35.5 Å². The number of nitrogens with one attached hydrogen (secondary N) is 1. The predicted molar refractivity (Wildman–Crippen MR) is 105 cm³/mol. The van der Waals surface area contributed by atoms with Gasteiger partial charge in [-0.15, -0.1) is 0 Å². The first-order valence-electron chi connectivity index (χ1n) is 9.07. The van der Waals surface area contributed by atoms with E-state index < -0.39 is 0 Å². The number of methoxy groups -OCH3 is 1. The number of hydrogen-bond donors (Lipinski definition) is 1. The van der Waals surface area contributed by atoms with Crippen LogP contribution in [0.2, 0.25) is 0 Å². The highest BCUT2D eigenvalue weighted by Gasteiger charge is 2.13. The zero-order valence-electron chi connectivity index (χ0n) is 15.6. The third-order valence-corrected chi connectivity index (χ3v) is 4.39. The molecule has 3 aromatic rings. The van der Waals surface area contributed by atoms with E-state index in [4.69, 9.17) is 9.26 Å². The zero-order valence-corrected chi connectivity index (χ0v) is 15.6. The van der Waals surface area contributed by atoms with Crippen LogP contribution in [0.3, 0.4) is 0 Å². The fourth-order valence-electron chi connectivity index (χ4n) is 2.88. The molecular formula is C22H24N2O3. The molecule has 0 aliphatic rings. The van der Waals surface area contributed by atoms with Gasteiger partial charge in [-0.05, 0) is 49.6 Å². The van der Waals surface area contributed by atoms with Gasteiger partial charge in [0.2, 0.25) is 5.91 Å². The number of benzene rings is 2. The molecule has 1 N–H and O–H groups in total. The van der Waals surface area contributed by atoms with Crippen LogP contribution in [0.25, 0.3) is 11.3 Å². The summed E-state index contributed by atoms with van der Waals surface area (Å²) >= 11 is 0. The van der Waals surface area contributed by atoms with E-state index in [9.17, 15) is 4.79 Å². The molecule has 0 saturated heterocycles. The van der Waals surface area contributed by atoms with Crippen LogP contribution in [0.5, 0.6) is 5.75 Å². The Balaban J connectivity index is 1.49. The third-order valence-electron chi connectivity index (χ3n) is 4.39. The Bertz CT molecular complexity index is 857. The van der Waals surface area contributed by atoms with Crippen LogP contribution >= 0.6 is 0 Å². The molecule has 5 heteroatoms. The second-order valence-electron chi connectivity index (χ2n) is 6.58. The summed E-state index contributed by atoms with van der Waals surface area (Å²) in [6.07, 6.45) is 2.04. The highest BCUT2D eigenvalue weighted by Crippen LogP contribution is 2.23. The lowest BCUT2D eigenvalue weighted by Crippen LogP contribution is -2.34. The molecule has 140 valence electrons. The van der Waals surface area contributed by atoms with E-state index in [-0.39, 0.29) is 18.4 Å². The van der Waals surface area contributed by atoms with E-state index in [1.54, 1.807) is 13.2 Å². The molecule has 3 rings (SSSR count). The molecule has 1 heterocycles. The number of hydrogen-bond acceptors (Lipinski definition) is 4. The average Bonchev–Trinajstić information content (AvgIpc) is 3.15. The second-order valence-corrected chi connectivity index (χ2v) is 6.58. The van der Waals surface area contributed by atoms with Crippen LogP contribution < -0.4 is 10.1 Å². The molecule has 0 bridgehead atoms. The number of rotatable bonds is 8. The number of carbonyl (C=O) groups excluding carboxylic acids is 1. The predicted octanol–water partition coefficient (Wildman–Crippen LogP) is 4.03. The molecule has 27 heavy (non-hydrogen) atoms. The second kappa shape index (κ2) is 9.03. The lowest BCUT2D eigenvalue weighted by molar-refractivity contribution is -0.121. The molecule has 5 nitrogen and oxygen atoms in total. The zero-order chi connectivity index (χ0) is 19.1. The average molecular weight is 364 g/mol. The molecule has 0 aliphatic heterocycles. The number of nitrogens with zero attached hydrogens (tertiary/aromatic N) is 1. The van der Waals surface area contributed by atoms with Crippen molar-refractivity contribution >= 4 is 5.91 Å². The Morgan fingerprint density at radius 1 is 1.15 bits per heavy atom. The number of amides is 1. The molecule has 0 radical (unpaired) electrons. The van der Waals surface area contributed by atoms with E-state index in [1.807, 2.05) is 49.4 Å². The first-order valence-corrected chi connectivity index (χ1v) is 9.07. The van der Waals surface area contributed by atoms with Crippen LogP contribution in [-0.2, 0) is 17.6 Å². The highest BCUT2D eigenvalue weighted by molar-refractivity contribution is 5.78. The van der Waals surface area contributed by atoms with Crippen molar-refractivity contribution < 1.29 is 14.1 Å².